The number of pyridine rings is 1. The van der Waals surface area contributed by atoms with Gasteiger partial charge in [0, 0.05) is 30.9 Å². The van der Waals surface area contributed by atoms with E-state index >= 15 is 0 Å². The molecule has 1 N–H and O–H groups in total. The third-order valence-corrected chi connectivity index (χ3v) is 4.75. The molecule has 0 amide bonds. The van der Waals surface area contributed by atoms with Crippen molar-refractivity contribution in [3.8, 4) is 0 Å². The van der Waals surface area contributed by atoms with Gasteiger partial charge in [0.05, 0.1) is 0 Å². The molecule has 3 nitrogen and oxygen atoms in total. The van der Waals surface area contributed by atoms with Gasteiger partial charge < -0.3 is 10.2 Å². The molecule has 2 heterocycles. The van der Waals surface area contributed by atoms with Crippen LogP contribution >= 0.6 is 0 Å². The van der Waals surface area contributed by atoms with E-state index in [-0.39, 0.29) is 0 Å². The van der Waals surface area contributed by atoms with E-state index in [4.69, 9.17) is 4.98 Å². The van der Waals surface area contributed by atoms with Crippen molar-refractivity contribution in [1.29, 1.82) is 0 Å². The Morgan fingerprint density at radius 2 is 2.10 bits per heavy atom. The number of nitrogens with zero attached hydrogens (tertiary/aromatic N) is 2. The van der Waals surface area contributed by atoms with Gasteiger partial charge in [0.15, 0.2) is 0 Å². The lowest BCUT2D eigenvalue weighted by Crippen LogP contribution is -2.29. The zero-order valence-corrected chi connectivity index (χ0v) is 13.6. The van der Waals surface area contributed by atoms with Crippen LogP contribution in [0.3, 0.4) is 0 Å². The third kappa shape index (κ3) is 3.76. The molecule has 0 spiro atoms. The molecular formula is C18H29N3. The van der Waals surface area contributed by atoms with Crippen molar-refractivity contribution in [3.63, 3.8) is 0 Å². The molecule has 116 valence electrons. The predicted octanol–water partition coefficient (Wildman–Crippen LogP) is 3.66. The van der Waals surface area contributed by atoms with Crippen LogP contribution in [0.1, 0.15) is 63.6 Å². The number of aryl methyl sites for hydroxylation is 1. The molecule has 3 heteroatoms. The number of nitrogens with one attached hydrogen (secondary N) is 1. The van der Waals surface area contributed by atoms with E-state index in [0.29, 0.717) is 6.04 Å². The maximum Gasteiger partial charge on any atom is 0.129 e. The summed E-state index contributed by atoms with van der Waals surface area (Å²) in [7, 11) is 0. The lowest BCUT2D eigenvalue weighted by Gasteiger charge is -2.26. The molecule has 1 saturated heterocycles. The van der Waals surface area contributed by atoms with Gasteiger partial charge in [0.2, 0.25) is 0 Å². The quantitative estimate of drug-likeness (QED) is 0.829. The Labute approximate surface area is 129 Å². The van der Waals surface area contributed by atoms with Gasteiger partial charge in [-0.3, -0.25) is 0 Å². The predicted molar refractivity (Wildman–Crippen MR) is 88.8 cm³/mol. The molecule has 1 unspecified atom stereocenters. The van der Waals surface area contributed by atoms with E-state index in [1.807, 2.05) is 0 Å². The van der Waals surface area contributed by atoms with Crippen LogP contribution in [-0.4, -0.2) is 23.6 Å². The van der Waals surface area contributed by atoms with Crippen LogP contribution in [0.2, 0.25) is 0 Å². The SMILES string of the molecule is CCCc1cc(CNC2CC2)cc(N2CCCC2CC)n1. The van der Waals surface area contributed by atoms with Crippen LogP contribution in [0.4, 0.5) is 5.82 Å². The number of hydrogen-bond donors (Lipinski definition) is 1. The Hall–Kier alpha value is -1.09. The van der Waals surface area contributed by atoms with Gasteiger partial charge in [-0.25, -0.2) is 4.98 Å². The van der Waals surface area contributed by atoms with Gasteiger partial charge in [-0.05, 0) is 56.2 Å². The standard InChI is InChI=1S/C18H29N3/c1-3-6-16-11-14(13-19-15-8-9-15)12-18(20-16)21-10-5-7-17(21)4-2/h11-12,15,17,19H,3-10,13H2,1-2H3. The summed E-state index contributed by atoms with van der Waals surface area (Å²) in [6, 6.07) is 6.09. The highest BCUT2D eigenvalue weighted by Crippen LogP contribution is 2.27. The molecule has 0 aromatic carbocycles. The van der Waals surface area contributed by atoms with Gasteiger partial charge in [-0.1, -0.05) is 20.3 Å². The minimum atomic E-state index is 0.693. The fourth-order valence-corrected chi connectivity index (χ4v) is 3.38. The monoisotopic (exact) mass is 287 g/mol. The molecule has 1 aliphatic carbocycles. The maximum absolute atomic E-state index is 4.94. The second kappa shape index (κ2) is 6.78. The smallest absolute Gasteiger partial charge is 0.129 e. The number of rotatable bonds is 7. The molecule has 0 bridgehead atoms. The van der Waals surface area contributed by atoms with E-state index in [2.05, 4.69) is 36.2 Å². The Morgan fingerprint density at radius 3 is 2.81 bits per heavy atom. The van der Waals surface area contributed by atoms with Crippen LogP contribution in [0.25, 0.3) is 0 Å². The van der Waals surface area contributed by atoms with Crippen LogP contribution in [-0.2, 0) is 13.0 Å². The summed E-state index contributed by atoms with van der Waals surface area (Å²) in [5, 5.41) is 3.64. The van der Waals surface area contributed by atoms with Crippen molar-refractivity contribution in [2.75, 3.05) is 11.4 Å². The second-order valence-electron chi connectivity index (χ2n) is 6.63. The molecule has 1 atom stereocenters. The molecule has 1 aromatic rings. The highest BCUT2D eigenvalue weighted by molar-refractivity contribution is 5.45. The van der Waals surface area contributed by atoms with E-state index in [0.717, 1.165) is 19.0 Å². The molecule has 1 aliphatic heterocycles. The van der Waals surface area contributed by atoms with E-state index in [1.54, 1.807) is 0 Å². The molecule has 3 rings (SSSR count). The second-order valence-corrected chi connectivity index (χ2v) is 6.63. The Balaban J connectivity index is 1.79. The van der Waals surface area contributed by atoms with Gasteiger partial charge in [-0.15, -0.1) is 0 Å². The summed E-state index contributed by atoms with van der Waals surface area (Å²) in [6.45, 7) is 6.72. The Morgan fingerprint density at radius 1 is 1.24 bits per heavy atom. The fourth-order valence-electron chi connectivity index (χ4n) is 3.38. The minimum absolute atomic E-state index is 0.693. The first-order valence-electron chi connectivity index (χ1n) is 8.80. The van der Waals surface area contributed by atoms with Crippen molar-refractivity contribution in [2.45, 2.75) is 77.4 Å². The number of anilines is 1. The molecule has 1 saturated carbocycles. The van der Waals surface area contributed by atoms with Gasteiger partial charge in [0.1, 0.15) is 5.82 Å². The zero-order chi connectivity index (χ0) is 14.7. The van der Waals surface area contributed by atoms with Crippen LogP contribution in [0.15, 0.2) is 12.1 Å². The van der Waals surface area contributed by atoms with Crippen molar-refractivity contribution < 1.29 is 0 Å². The van der Waals surface area contributed by atoms with Crippen LogP contribution < -0.4 is 10.2 Å². The van der Waals surface area contributed by atoms with E-state index in [9.17, 15) is 0 Å². The van der Waals surface area contributed by atoms with Gasteiger partial charge in [0.25, 0.3) is 0 Å². The average Bonchev–Trinajstić information content (AvgIpc) is 3.20. The zero-order valence-electron chi connectivity index (χ0n) is 13.6. The molecule has 2 fully saturated rings. The first-order chi connectivity index (χ1) is 10.3. The van der Waals surface area contributed by atoms with Gasteiger partial charge in [-0.2, -0.15) is 0 Å². The number of aromatic nitrogens is 1. The molecule has 1 aromatic heterocycles. The number of hydrogen-bond acceptors (Lipinski definition) is 3. The summed E-state index contributed by atoms with van der Waals surface area (Å²) >= 11 is 0. The summed E-state index contributed by atoms with van der Waals surface area (Å²) in [4.78, 5) is 7.49. The lowest BCUT2D eigenvalue weighted by atomic mass is 10.1. The molecular weight excluding hydrogens is 258 g/mol. The fraction of sp³-hybridized carbons (Fsp3) is 0.722. The first-order valence-corrected chi connectivity index (χ1v) is 8.80. The topological polar surface area (TPSA) is 28.2 Å². The Kier molecular flexibility index (Phi) is 4.79. The lowest BCUT2D eigenvalue weighted by molar-refractivity contribution is 0.637. The molecule has 21 heavy (non-hydrogen) atoms. The van der Waals surface area contributed by atoms with Gasteiger partial charge >= 0.3 is 0 Å². The van der Waals surface area contributed by atoms with Crippen LogP contribution in [0, 0.1) is 0 Å². The summed E-state index contributed by atoms with van der Waals surface area (Å²) in [5.41, 5.74) is 2.68. The van der Waals surface area contributed by atoms with E-state index in [1.165, 1.54) is 62.1 Å². The Bertz CT molecular complexity index is 468. The van der Waals surface area contributed by atoms with Crippen molar-refractivity contribution in [3.05, 3.63) is 23.4 Å². The normalized spacial score (nSPS) is 22.0. The summed E-state index contributed by atoms with van der Waals surface area (Å²) in [5.74, 6) is 1.22. The minimum Gasteiger partial charge on any atom is -0.354 e. The highest BCUT2D eigenvalue weighted by atomic mass is 15.2. The van der Waals surface area contributed by atoms with Crippen molar-refractivity contribution in [2.24, 2.45) is 0 Å². The average molecular weight is 287 g/mol. The van der Waals surface area contributed by atoms with Crippen molar-refractivity contribution >= 4 is 5.82 Å². The third-order valence-electron chi connectivity index (χ3n) is 4.75. The van der Waals surface area contributed by atoms with Crippen molar-refractivity contribution in [1.82, 2.24) is 10.3 Å². The van der Waals surface area contributed by atoms with Crippen LogP contribution in [0.5, 0.6) is 0 Å². The largest absolute Gasteiger partial charge is 0.354 e. The first kappa shape index (κ1) is 14.8. The highest BCUT2D eigenvalue weighted by Gasteiger charge is 2.25. The molecule has 2 aliphatic rings. The summed E-state index contributed by atoms with van der Waals surface area (Å²) in [6.07, 6.45) is 8.83. The van der Waals surface area contributed by atoms with E-state index < -0.39 is 0 Å². The maximum atomic E-state index is 4.94. The molecule has 0 radical (unpaired) electrons. The summed E-state index contributed by atoms with van der Waals surface area (Å²) < 4.78 is 0.